The van der Waals surface area contributed by atoms with E-state index in [1.807, 2.05) is 20.8 Å². The Morgan fingerprint density at radius 1 is 1.18 bits per heavy atom. The number of carbonyl (C=O) groups excluding carboxylic acids is 1. The van der Waals surface area contributed by atoms with Crippen molar-refractivity contribution in [3.8, 4) is 0 Å². The van der Waals surface area contributed by atoms with Gasteiger partial charge >= 0.3 is 6.09 Å². The first-order valence-electron chi connectivity index (χ1n) is 8.62. The third kappa shape index (κ3) is 5.43. The van der Waals surface area contributed by atoms with Crippen molar-refractivity contribution in [3.05, 3.63) is 0 Å². The normalized spacial score (nSPS) is 28.9. The van der Waals surface area contributed by atoms with E-state index in [1.165, 1.54) is 32.1 Å². The average Bonchev–Trinajstić information content (AvgIpc) is 2.39. The van der Waals surface area contributed by atoms with Crippen LogP contribution in [0, 0.1) is 0 Å². The second kappa shape index (κ2) is 7.18. The lowest BCUT2D eigenvalue weighted by Gasteiger charge is -2.42. The molecule has 0 aromatic carbocycles. The summed E-state index contributed by atoms with van der Waals surface area (Å²) in [5.74, 6) is 0. The minimum atomic E-state index is -0.474. The molecule has 1 saturated carbocycles. The maximum atomic E-state index is 12.0. The lowest BCUT2D eigenvalue weighted by Crippen LogP contribution is -2.61. The van der Waals surface area contributed by atoms with Crippen LogP contribution in [0.25, 0.3) is 0 Å². The van der Waals surface area contributed by atoms with Crippen LogP contribution in [0.15, 0.2) is 0 Å². The van der Waals surface area contributed by atoms with Gasteiger partial charge in [0.15, 0.2) is 0 Å². The van der Waals surface area contributed by atoms with E-state index in [0.717, 1.165) is 13.0 Å². The minimum absolute atomic E-state index is 0.0256. The molecule has 2 fully saturated rings. The average molecular weight is 312 g/mol. The molecule has 2 atom stereocenters. The van der Waals surface area contributed by atoms with Gasteiger partial charge in [-0.05, 0) is 47.0 Å². The molecule has 128 valence electrons. The van der Waals surface area contributed by atoms with Crippen molar-refractivity contribution in [2.75, 3.05) is 13.2 Å². The molecule has 1 aliphatic carbocycles. The molecule has 2 N–H and O–H groups in total. The highest BCUT2D eigenvalue weighted by Gasteiger charge is 2.35. The molecule has 0 aromatic rings. The van der Waals surface area contributed by atoms with Crippen LogP contribution in [0.2, 0.25) is 0 Å². The molecule has 22 heavy (non-hydrogen) atoms. The Bertz CT molecular complexity index is 373. The monoisotopic (exact) mass is 312 g/mol. The summed E-state index contributed by atoms with van der Waals surface area (Å²) < 4.78 is 10.9. The van der Waals surface area contributed by atoms with E-state index >= 15 is 0 Å². The fraction of sp³-hybridized carbons (Fsp3) is 0.941. The Morgan fingerprint density at radius 3 is 2.50 bits per heavy atom. The molecule has 0 radical (unpaired) electrons. The van der Waals surface area contributed by atoms with Crippen LogP contribution in [0.4, 0.5) is 4.79 Å². The number of nitrogens with one attached hydrogen (secondary N) is 2. The van der Waals surface area contributed by atoms with Gasteiger partial charge in [0.25, 0.3) is 0 Å². The smallest absolute Gasteiger partial charge is 0.408 e. The fourth-order valence-electron chi connectivity index (χ4n) is 3.44. The molecule has 5 heteroatoms. The number of rotatable bonds is 3. The van der Waals surface area contributed by atoms with Gasteiger partial charge in [0, 0.05) is 18.2 Å². The van der Waals surface area contributed by atoms with E-state index in [2.05, 4.69) is 17.6 Å². The molecule has 1 heterocycles. The van der Waals surface area contributed by atoms with E-state index in [-0.39, 0.29) is 23.7 Å². The lowest BCUT2D eigenvalue weighted by atomic mass is 9.82. The van der Waals surface area contributed by atoms with Gasteiger partial charge in [0.1, 0.15) is 5.60 Å². The van der Waals surface area contributed by atoms with E-state index in [1.54, 1.807) is 0 Å². The third-order valence-corrected chi connectivity index (χ3v) is 4.55. The molecular formula is C17H32N2O3. The van der Waals surface area contributed by atoms with E-state index in [4.69, 9.17) is 9.47 Å². The summed E-state index contributed by atoms with van der Waals surface area (Å²) >= 11 is 0. The number of hydrogen-bond acceptors (Lipinski definition) is 4. The van der Waals surface area contributed by atoms with Crippen molar-refractivity contribution in [1.29, 1.82) is 0 Å². The van der Waals surface area contributed by atoms with Gasteiger partial charge in [-0.3, -0.25) is 0 Å². The third-order valence-electron chi connectivity index (χ3n) is 4.55. The summed E-state index contributed by atoms with van der Waals surface area (Å²) in [6.45, 7) is 9.24. The standard InChI is InChI=1S/C17H32N2O3/c1-16(2,3)22-15(20)18-14-12-21-11-8-13(14)19-17(4)9-6-5-7-10-17/h13-14,19H,5-12H2,1-4H3,(H,18,20)/t13?,14-/m1/s1. The summed E-state index contributed by atoms with van der Waals surface area (Å²) in [5, 5.41) is 6.79. The van der Waals surface area contributed by atoms with Crippen molar-refractivity contribution in [1.82, 2.24) is 10.6 Å². The van der Waals surface area contributed by atoms with Crippen LogP contribution in [-0.2, 0) is 9.47 Å². The van der Waals surface area contributed by atoms with E-state index in [0.29, 0.717) is 6.61 Å². The van der Waals surface area contributed by atoms with Gasteiger partial charge in [0.05, 0.1) is 12.6 Å². The Morgan fingerprint density at radius 2 is 1.86 bits per heavy atom. The fourth-order valence-corrected chi connectivity index (χ4v) is 3.44. The highest BCUT2D eigenvalue weighted by Crippen LogP contribution is 2.29. The minimum Gasteiger partial charge on any atom is -0.444 e. The zero-order valence-electron chi connectivity index (χ0n) is 14.5. The quantitative estimate of drug-likeness (QED) is 0.841. The SMILES string of the molecule is CC1(NC2CCOC[C@H]2NC(=O)OC(C)(C)C)CCCCC1. The van der Waals surface area contributed by atoms with Crippen LogP contribution < -0.4 is 10.6 Å². The van der Waals surface area contributed by atoms with Crippen molar-refractivity contribution >= 4 is 6.09 Å². The van der Waals surface area contributed by atoms with Gasteiger partial charge < -0.3 is 20.1 Å². The van der Waals surface area contributed by atoms with Crippen molar-refractivity contribution in [3.63, 3.8) is 0 Å². The maximum absolute atomic E-state index is 12.0. The number of alkyl carbamates (subject to hydrolysis) is 1. The molecule has 2 rings (SSSR count). The second-order valence-corrected chi connectivity index (χ2v) is 7.99. The van der Waals surface area contributed by atoms with Crippen molar-refractivity contribution in [2.24, 2.45) is 0 Å². The van der Waals surface area contributed by atoms with Gasteiger partial charge in [0.2, 0.25) is 0 Å². The van der Waals surface area contributed by atoms with E-state index in [9.17, 15) is 4.79 Å². The van der Waals surface area contributed by atoms with Crippen molar-refractivity contribution < 1.29 is 14.3 Å². The zero-order chi connectivity index (χ0) is 16.2. The van der Waals surface area contributed by atoms with Crippen LogP contribution in [0.3, 0.4) is 0 Å². The molecule has 1 amide bonds. The first-order valence-corrected chi connectivity index (χ1v) is 8.62. The number of ether oxygens (including phenoxy) is 2. The highest BCUT2D eigenvalue weighted by molar-refractivity contribution is 5.68. The first-order chi connectivity index (χ1) is 10.3. The molecule has 1 saturated heterocycles. The van der Waals surface area contributed by atoms with Crippen molar-refractivity contribution in [2.45, 2.75) is 89.4 Å². The molecule has 2 aliphatic rings. The lowest BCUT2D eigenvalue weighted by molar-refractivity contribution is 0.0188. The largest absolute Gasteiger partial charge is 0.444 e. The summed E-state index contributed by atoms with van der Waals surface area (Å²) in [7, 11) is 0. The summed E-state index contributed by atoms with van der Waals surface area (Å²) in [4.78, 5) is 12.0. The van der Waals surface area contributed by atoms with Gasteiger partial charge in [-0.2, -0.15) is 0 Å². The molecule has 1 aliphatic heterocycles. The Labute approximate surface area is 134 Å². The number of carbonyl (C=O) groups is 1. The van der Waals surface area contributed by atoms with E-state index < -0.39 is 5.60 Å². The van der Waals surface area contributed by atoms with Gasteiger partial charge in [-0.1, -0.05) is 19.3 Å². The van der Waals surface area contributed by atoms with Crippen LogP contribution in [0.5, 0.6) is 0 Å². The second-order valence-electron chi connectivity index (χ2n) is 7.99. The van der Waals surface area contributed by atoms with Crippen LogP contribution in [0.1, 0.15) is 66.2 Å². The summed E-state index contributed by atoms with van der Waals surface area (Å²) in [6, 6.07) is 0.228. The molecule has 0 spiro atoms. The number of hydrogen-bond donors (Lipinski definition) is 2. The number of amides is 1. The van der Waals surface area contributed by atoms with Crippen LogP contribution >= 0.6 is 0 Å². The van der Waals surface area contributed by atoms with Crippen LogP contribution in [-0.4, -0.2) is 42.5 Å². The zero-order valence-corrected chi connectivity index (χ0v) is 14.5. The highest BCUT2D eigenvalue weighted by atomic mass is 16.6. The Balaban J connectivity index is 1.91. The molecule has 0 aromatic heterocycles. The first kappa shape index (κ1) is 17.5. The van der Waals surface area contributed by atoms with Gasteiger partial charge in [-0.15, -0.1) is 0 Å². The maximum Gasteiger partial charge on any atom is 0.408 e. The predicted octanol–water partition coefficient (Wildman–Crippen LogP) is 2.98. The topological polar surface area (TPSA) is 59.6 Å². The molecule has 1 unspecified atom stereocenters. The summed E-state index contributed by atoms with van der Waals surface area (Å²) in [5.41, 5.74) is -0.286. The summed E-state index contributed by atoms with van der Waals surface area (Å²) in [6.07, 6.45) is 6.91. The Hall–Kier alpha value is -0.810. The van der Waals surface area contributed by atoms with Gasteiger partial charge in [-0.25, -0.2) is 4.79 Å². The predicted molar refractivity (Wildman–Crippen MR) is 87.0 cm³/mol. The molecule has 5 nitrogen and oxygen atoms in total. The molecular weight excluding hydrogens is 280 g/mol. The Kier molecular flexibility index (Phi) is 5.72. The molecule has 0 bridgehead atoms.